The van der Waals surface area contributed by atoms with Crippen LogP contribution in [-0.4, -0.2) is 0 Å². The van der Waals surface area contributed by atoms with Crippen LogP contribution in [0.4, 0.5) is 0 Å². The van der Waals surface area contributed by atoms with Gasteiger partial charge in [-0.2, -0.15) is 0 Å². The van der Waals surface area contributed by atoms with E-state index in [9.17, 15) is 0 Å². The third-order valence-electron chi connectivity index (χ3n) is 2.09. The van der Waals surface area contributed by atoms with Crippen molar-refractivity contribution in [3.8, 4) is 0 Å². The van der Waals surface area contributed by atoms with Crippen LogP contribution in [0.15, 0.2) is 23.1 Å². The summed E-state index contributed by atoms with van der Waals surface area (Å²) in [5.74, 6) is 0. The van der Waals surface area contributed by atoms with E-state index in [1.807, 2.05) is 21.6 Å². The molecule has 0 N–H and O–H groups in total. The molecule has 0 unspecified atom stereocenters. The van der Waals surface area contributed by atoms with Crippen molar-refractivity contribution < 1.29 is 0 Å². The average Bonchev–Trinajstić information content (AvgIpc) is 2.50. The van der Waals surface area contributed by atoms with E-state index in [0.29, 0.717) is 0 Å². The third-order valence-corrected chi connectivity index (χ3v) is 4.69. The molecule has 0 fully saturated rings. The molecule has 1 aliphatic rings. The Morgan fingerprint density at radius 1 is 1.31 bits per heavy atom. The second kappa shape index (κ2) is 3.81. The molecular weight excluding hydrogens is 196 g/mol. The summed E-state index contributed by atoms with van der Waals surface area (Å²) >= 11 is 0. The van der Waals surface area contributed by atoms with Crippen LogP contribution in [0, 0.1) is 0 Å². The van der Waals surface area contributed by atoms with Gasteiger partial charge in [-0.25, -0.2) is 0 Å². The summed E-state index contributed by atoms with van der Waals surface area (Å²) in [6.07, 6.45) is 3.41. The number of benzene rings is 1. The summed E-state index contributed by atoms with van der Waals surface area (Å²) < 4.78 is 0. The lowest BCUT2D eigenvalue weighted by atomic mass is 10.2. The molecule has 0 aliphatic carbocycles. The molecule has 1 aromatic carbocycles. The molecule has 0 radical (unpaired) electrons. The lowest BCUT2D eigenvalue weighted by Crippen LogP contribution is -2.25. The van der Waals surface area contributed by atoms with E-state index in [1.54, 1.807) is 0 Å². The molecule has 68 valence electrons. The molecule has 1 aromatic rings. The van der Waals surface area contributed by atoms with E-state index in [-0.39, 0.29) is 0 Å². The Hall–Kier alpha value is -0.340. The van der Waals surface area contributed by atoms with Crippen LogP contribution < -0.4 is 10.4 Å². The minimum atomic E-state index is 1.11. The molecule has 0 amide bonds. The van der Waals surface area contributed by atoms with Crippen LogP contribution in [0.3, 0.4) is 0 Å². The van der Waals surface area contributed by atoms with E-state index in [2.05, 4.69) is 38.1 Å². The van der Waals surface area contributed by atoms with Crippen molar-refractivity contribution >= 4 is 32.6 Å². The van der Waals surface area contributed by atoms with Crippen molar-refractivity contribution in [1.29, 1.82) is 0 Å². The normalized spacial score (nSPS) is 16.5. The molecule has 2 rings (SSSR count). The molecule has 2 heteroatoms. The summed E-state index contributed by atoms with van der Waals surface area (Å²) in [7, 11) is 3.76. The molecule has 0 saturated carbocycles. The molecule has 0 spiro atoms. The lowest BCUT2D eigenvalue weighted by Gasteiger charge is -1.92. The zero-order chi connectivity index (χ0) is 9.26. The van der Waals surface area contributed by atoms with Crippen molar-refractivity contribution in [2.45, 2.75) is 25.2 Å². The van der Waals surface area contributed by atoms with Crippen molar-refractivity contribution in [1.82, 2.24) is 0 Å². The fourth-order valence-corrected chi connectivity index (χ4v) is 3.92. The van der Waals surface area contributed by atoms with Crippen LogP contribution in [0.5, 0.6) is 0 Å². The molecule has 1 aliphatic heterocycles. The summed E-state index contributed by atoms with van der Waals surface area (Å²) in [4.78, 5) is 2.87. The monoisotopic (exact) mass is 208 g/mol. The number of hydrogen-bond acceptors (Lipinski definition) is 2. The van der Waals surface area contributed by atoms with Gasteiger partial charge in [0.05, 0.1) is 0 Å². The Bertz CT molecular complexity index is 432. The maximum absolute atomic E-state index is 2.30. The molecule has 0 saturated heterocycles. The molecule has 0 bridgehead atoms. The van der Waals surface area contributed by atoms with E-state index < -0.39 is 0 Å². The van der Waals surface area contributed by atoms with Gasteiger partial charge in [-0.15, -0.1) is 0 Å². The maximum Gasteiger partial charge on any atom is 0.0272 e. The predicted molar refractivity (Wildman–Crippen MR) is 63.0 cm³/mol. The quantitative estimate of drug-likeness (QED) is 0.651. The Morgan fingerprint density at radius 3 is 2.92 bits per heavy atom. The van der Waals surface area contributed by atoms with Gasteiger partial charge in [0.2, 0.25) is 0 Å². The first-order valence-electron chi connectivity index (χ1n) is 4.47. The van der Waals surface area contributed by atoms with Crippen molar-refractivity contribution in [2.75, 3.05) is 0 Å². The standard InChI is InChI=1S/C11H12S2/c1-3-5-9-6-4-7-10-11(9)8(2)12-13-10/h4-7H,3H2,1-2H3/b9-5-. The molecule has 0 atom stereocenters. The molecule has 0 nitrogen and oxygen atoms in total. The van der Waals surface area contributed by atoms with Gasteiger partial charge >= 0.3 is 0 Å². The van der Waals surface area contributed by atoms with Gasteiger partial charge in [-0.1, -0.05) is 46.7 Å². The SMILES string of the molecule is CC/C=c1/cccc2c1=C(C)SS2. The molecule has 13 heavy (non-hydrogen) atoms. The van der Waals surface area contributed by atoms with Crippen LogP contribution in [0.2, 0.25) is 0 Å². The maximum atomic E-state index is 2.30. The minimum Gasteiger partial charge on any atom is -0.0769 e. The topological polar surface area (TPSA) is 0 Å². The third kappa shape index (κ3) is 1.65. The second-order valence-corrected chi connectivity index (χ2v) is 5.44. The number of rotatable bonds is 1. The van der Waals surface area contributed by atoms with E-state index in [4.69, 9.17) is 0 Å². The molecule has 0 aromatic heterocycles. The summed E-state index contributed by atoms with van der Waals surface area (Å²) in [6.45, 7) is 4.39. The van der Waals surface area contributed by atoms with E-state index in [1.165, 1.54) is 20.2 Å². The van der Waals surface area contributed by atoms with Gasteiger partial charge in [0, 0.05) is 15.0 Å². The van der Waals surface area contributed by atoms with Crippen molar-refractivity contribution in [2.24, 2.45) is 0 Å². The Labute approximate surface area is 86.5 Å². The average molecular weight is 208 g/mol. The highest BCUT2D eigenvalue weighted by Gasteiger charge is 2.09. The van der Waals surface area contributed by atoms with Gasteiger partial charge in [0.1, 0.15) is 0 Å². The summed E-state index contributed by atoms with van der Waals surface area (Å²) in [5.41, 5.74) is 0. The lowest BCUT2D eigenvalue weighted by molar-refractivity contribution is 1.26. The van der Waals surface area contributed by atoms with Crippen LogP contribution >= 0.6 is 21.6 Å². The highest BCUT2D eigenvalue weighted by molar-refractivity contribution is 8.80. The second-order valence-electron chi connectivity index (χ2n) is 3.06. The fraction of sp³-hybridized carbons (Fsp3) is 0.273. The van der Waals surface area contributed by atoms with Crippen molar-refractivity contribution in [3.63, 3.8) is 0 Å². The van der Waals surface area contributed by atoms with E-state index >= 15 is 0 Å². The number of hydrogen-bond donors (Lipinski definition) is 0. The highest BCUT2D eigenvalue weighted by Crippen LogP contribution is 2.39. The van der Waals surface area contributed by atoms with Gasteiger partial charge in [0.15, 0.2) is 0 Å². The zero-order valence-corrected chi connectivity index (χ0v) is 9.47. The molecular formula is C11H12S2. The largest absolute Gasteiger partial charge is 0.0769 e. The summed E-state index contributed by atoms with van der Waals surface area (Å²) in [5, 5.41) is 2.86. The minimum absolute atomic E-state index is 1.11. The van der Waals surface area contributed by atoms with Crippen LogP contribution in [-0.2, 0) is 0 Å². The van der Waals surface area contributed by atoms with Gasteiger partial charge in [-0.3, -0.25) is 0 Å². The first-order chi connectivity index (χ1) is 6.33. The smallest absolute Gasteiger partial charge is 0.0272 e. The number of fused-ring (bicyclic) bond motifs is 1. The molecule has 1 heterocycles. The fourth-order valence-electron chi connectivity index (χ4n) is 1.53. The highest BCUT2D eigenvalue weighted by atomic mass is 33.1. The Morgan fingerprint density at radius 2 is 2.15 bits per heavy atom. The summed E-state index contributed by atoms with van der Waals surface area (Å²) in [6, 6.07) is 6.56. The Kier molecular flexibility index (Phi) is 2.70. The van der Waals surface area contributed by atoms with Crippen LogP contribution in [0.25, 0.3) is 11.0 Å². The van der Waals surface area contributed by atoms with Crippen molar-refractivity contribution in [3.05, 3.63) is 28.6 Å². The van der Waals surface area contributed by atoms with Gasteiger partial charge in [0.25, 0.3) is 0 Å². The predicted octanol–water partition coefficient (Wildman–Crippen LogP) is 2.76. The first-order valence-corrected chi connectivity index (χ1v) is 6.62. The van der Waals surface area contributed by atoms with Crippen LogP contribution in [0.1, 0.15) is 20.3 Å². The Balaban J connectivity index is 2.80. The van der Waals surface area contributed by atoms with E-state index in [0.717, 1.165) is 6.42 Å². The van der Waals surface area contributed by atoms with Gasteiger partial charge < -0.3 is 0 Å². The first kappa shape index (κ1) is 9.22. The van der Waals surface area contributed by atoms with Gasteiger partial charge in [-0.05, 0) is 24.6 Å². The zero-order valence-electron chi connectivity index (χ0n) is 7.83.